The number of nitrogens with zero attached hydrogens (tertiary/aromatic N) is 4. The fourth-order valence-corrected chi connectivity index (χ4v) is 3.60. The van der Waals surface area contributed by atoms with Gasteiger partial charge in [0.1, 0.15) is 5.82 Å². The van der Waals surface area contributed by atoms with E-state index in [1.165, 1.54) is 22.8 Å². The number of methoxy groups -OCH3 is 1. The van der Waals surface area contributed by atoms with Crippen LogP contribution in [0.25, 0.3) is 10.9 Å². The van der Waals surface area contributed by atoms with E-state index in [0.717, 1.165) is 0 Å². The van der Waals surface area contributed by atoms with Crippen LogP contribution < -0.4 is 27.3 Å². The number of nitrogens with two attached hydrogens (primary N) is 1. The molecule has 11 nitrogen and oxygen atoms in total. The van der Waals surface area contributed by atoms with E-state index in [9.17, 15) is 19.2 Å². The minimum atomic E-state index is -0.742. The maximum Gasteiger partial charge on any atom is 0.330 e. The lowest BCUT2D eigenvalue weighted by Gasteiger charge is -2.25. The number of carbonyl (C=O) groups excluding carboxylic acids is 1. The second-order valence-electron chi connectivity index (χ2n) is 8.03. The highest BCUT2D eigenvalue weighted by atomic mass is 16.5. The van der Waals surface area contributed by atoms with Crippen molar-refractivity contribution in [2.45, 2.75) is 33.4 Å². The average Bonchev–Trinajstić information content (AvgIpc) is 2.78. The van der Waals surface area contributed by atoms with Crippen molar-refractivity contribution < 1.29 is 9.53 Å². The summed E-state index contributed by atoms with van der Waals surface area (Å²) in [6.07, 6.45) is 1.19. The number of aromatic nitrogens is 4. The van der Waals surface area contributed by atoms with Crippen molar-refractivity contribution in [3.8, 4) is 0 Å². The molecule has 176 valence electrons. The zero-order chi connectivity index (χ0) is 24.1. The number of aromatic amines is 1. The second kappa shape index (κ2) is 10.3. The zero-order valence-electron chi connectivity index (χ0n) is 18.9. The number of hydrogen-bond donors (Lipinski definition) is 2. The highest BCUT2D eigenvalue weighted by molar-refractivity contribution is 5.95. The summed E-state index contributed by atoms with van der Waals surface area (Å²) in [7, 11) is 1.48. The van der Waals surface area contributed by atoms with Crippen LogP contribution in [-0.4, -0.2) is 45.5 Å². The van der Waals surface area contributed by atoms with Gasteiger partial charge in [0, 0.05) is 32.0 Å². The summed E-state index contributed by atoms with van der Waals surface area (Å²) in [4.78, 5) is 53.7. The van der Waals surface area contributed by atoms with Gasteiger partial charge in [0.15, 0.2) is 5.69 Å². The highest BCUT2D eigenvalue weighted by Crippen LogP contribution is 2.19. The number of hydrogen-bond acceptors (Lipinski definition) is 7. The monoisotopic (exact) mass is 456 g/mol. The molecule has 33 heavy (non-hydrogen) atoms. The normalized spacial score (nSPS) is 11.3. The maximum atomic E-state index is 13.2. The van der Waals surface area contributed by atoms with Crippen molar-refractivity contribution in [2.75, 3.05) is 30.9 Å². The van der Waals surface area contributed by atoms with Crippen molar-refractivity contribution in [2.24, 2.45) is 5.92 Å². The molecule has 0 fully saturated rings. The molecule has 0 aliphatic heterocycles. The molecule has 0 atom stereocenters. The van der Waals surface area contributed by atoms with Crippen LogP contribution in [0.15, 0.2) is 44.8 Å². The van der Waals surface area contributed by atoms with E-state index in [2.05, 4.69) is 10.1 Å². The first-order valence-electron chi connectivity index (χ1n) is 10.6. The molecule has 0 spiro atoms. The quantitative estimate of drug-likeness (QED) is 0.478. The van der Waals surface area contributed by atoms with E-state index >= 15 is 0 Å². The van der Waals surface area contributed by atoms with Crippen LogP contribution in [0.2, 0.25) is 0 Å². The van der Waals surface area contributed by atoms with Crippen LogP contribution in [-0.2, 0) is 22.6 Å². The Bertz CT molecular complexity index is 1320. The summed E-state index contributed by atoms with van der Waals surface area (Å²) in [5.74, 6) is -0.385. The second-order valence-corrected chi connectivity index (χ2v) is 8.03. The van der Waals surface area contributed by atoms with Crippen LogP contribution in [0.4, 0.5) is 11.5 Å². The highest BCUT2D eigenvalue weighted by Gasteiger charge is 2.24. The number of amides is 1. The van der Waals surface area contributed by atoms with Crippen LogP contribution in [0.1, 0.15) is 20.3 Å². The lowest BCUT2D eigenvalue weighted by atomic mass is 10.2. The molecule has 0 saturated carbocycles. The third-order valence-electron chi connectivity index (χ3n) is 5.15. The Balaban J connectivity index is 1.95. The molecular formula is C22H28N6O5. The summed E-state index contributed by atoms with van der Waals surface area (Å²) >= 11 is 0. The van der Waals surface area contributed by atoms with Gasteiger partial charge >= 0.3 is 5.69 Å². The predicted octanol–water partition coefficient (Wildman–Crippen LogP) is 0.554. The molecule has 11 heteroatoms. The minimum absolute atomic E-state index is 0.0221. The molecule has 2 heterocycles. The lowest BCUT2D eigenvalue weighted by Crippen LogP contribution is -2.43. The Morgan fingerprint density at radius 1 is 1.24 bits per heavy atom. The number of nitrogens with one attached hydrogen (secondary N) is 1. The Morgan fingerprint density at radius 3 is 2.67 bits per heavy atom. The molecule has 0 aliphatic rings. The smallest absolute Gasteiger partial charge is 0.330 e. The molecule has 0 saturated heterocycles. The number of fused-ring (bicyclic) bond motifs is 1. The van der Waals surface area contributed by atoms with Crippen LogP contribution in [0, 0.1) is 5.92 Å². The predicted molar refractivity (Wildman–Crippen MR) is 125 cm³/mol. The molecule has 3 N–H and O–H groups in total. The summed E-state index contributed by atoms with van der Waals surface area (Å²) in [5.41, 5.74) is 5.14. The van der Waals surface area contributed by atoms with E-state index in [1.807, 2.05) is 13.8 Å². The molecule has 2 aromatic heterocycles. The first-order valence-corrected chi connectivity index (χ1v) is 10.6. The number of para-hydroxylation sites is 1. The van der Waals surface area contributed by atoms with E-state index < -0.39 is 17.2 Å². The van der Waals surface area contributed by atoms with Gasteiger partial charge in [-0.05, 0) is 18.1 Å². The van der Waals surface area contributed by atoms with Gasteiger partial charge in [0.25, 0.3) is 5.56 Å². The summed E-state index contributed by atoms with van der Waals surface area (Å²) in [6.45, 7) is 4.51. The van der Waals surface area contributed by atoms with E-state index in [-0.39, 0.29) is 55.5 Å². The lowest BCUT2D eigenvalue weighted by molar-refractivity contribution is -0.119. The van der Waals surface area contributed by atoms with Gasteiger partial charge in [-0.25, -0.2) is 4.79 Å². The number of anilines is 2. The van der Waals surface area contributed by atoms with Gasteiger partial charge in [-0.1, -0.05) is 26.0 Å². The number of benzene rings is 1. The SMILES string of the molecule is COCCN(C(=O)CCn1ncc(=O)c2ccccc21)c1c(N)n(CC(C)C)c(=O)[nH]c1=O. The van der Waals surface area contributed by atoms with Crippen molar-refractivity contribution in [1.82, 2.24) is 19.3 Å². The van der Waals surface area contributed by atoms with E-state index in [4.69, 9.17) is 10.5 Å². The summed E-state index contributed by atoms with van der Waals surface area (Å²) < 4.78 is 7.93. The molecule has 0 unspecified atom stereocenters. The first kappa shape index (κ1) is 23.9. The van der Waals surface area contributed by atoms with Crippen LogP contribution in [0.3, 0.4) is 0 Å². The van der Waals surface area contributed by atoms with Crippen molar-refractivity contribution >= 4 is 28.3 Å². The topological polar surface area (TPSA) is 145 Å². The zero-order valence-corrected chi connectivity index (χ0v) is 18.9. The first-order chi connectivity index (χ1) is 15.7. The van der Waals surface area contributed by atoms with Crippen molar-refractivity contribution in [3.05, 3.63) is 61.5 Å². The number of rotatable bonds is 9. The third kappa shape index (κ3) is 5.20. The summed E-state index contributed by atoms with van der Waals surface area (Å²) in [5, 5.41) is 4.63. The molecule has 3 rings (SSSR count). The standard InChI is InChI=1S/C22H28N6O5/c1-14(2)13-27-20(23)19(21(31)25-22(27)32)26(10-11-33-3)18(30)8-9-28-16-7-5-4-6-15(16)17(29)12-24-28/h4-7,12,14H,8-11,13,23H2,1-3H3,(H,25,31,32). The van der Waals surface area contributed by atoms with Gasteiger partial charge in [-0.3, -0.25) is 28.6 Å². The molecule has 3 aromatic rings. The minimum Gasteiger partial charge on any atom is -0.383 e. The maximum absolute atomic E-state index is 13.2. The van der Waals surface area contributed by atoms with Crippen molar-refractivity contribution in [1.29, 1.82) is 0 Å². The molecule has 0 bridgehead atoms. The Kier molecular flexibility index (Phi) is 7.44. The van der Waals surface area contributed by atoms with Gasteiger partial charge in [0.05, 0.1) is 24.9 Å². The molecule has 1 amide bonds. The average molecular weight is 457 g/mol. The Labute approximate surface area is 189 Å². The van der Waals surface area contributed by atoms with Crippen molar-refractivity contribution in [3.63, 3.8) is 0 Å². The fraction of sp³-hybridized carbons (Fsp3) is 0.409. The third-order valence-corrected chi connectivity index (χ3v) is 5.15. The Hall–Kier alpha value is -3.73. The number of H-pyrrole nitrogens is 1. The molecule has 0 aliphatic carbocycles. The largest absolute Gasteiger partial charge is 0.383 e. The number of carbonyl (C=O) groups is 1. The fourth-order valence-electron chi connectivity index (χ4n) is 3.60. The van der Waals surface area contributed by atoms with Gasteiger partial charge in [-0.15, -0.1) is 0 Å². The number of aryl methyl sites for hydroxylation is 1. The van der Waals surface area contributed by atoms with Gasteiger partial charge < -0.3 is 15.4 Å². The summed E-state index contributed by atoms with van der Waals surface area (Å²) in [6, 6.07) is 6.99. The van der Waals surface area contributed by atoms with Crippen LogP contribution >= 0.6 is 0 Å². The molecule has 1 aromatic carbocycles. The van der Waals surface area contributed by atoms with Gasteiger partial charge in [-0.2, -0.15) is 5.10 Å². The number of nitrogen functional groups attached to an aromatic ring is 1. The molecular weight excluding hydrogens is 428 g/mol. The Morgan fingerprint density at radius 2 is 1.97 bits per heavy atom. The molecule has 0 radical (unpaired) electrons. The van der Waals surface area contributed by atoms with Gasteiger partial charge in [0.2, 0.25) is 11.3 Å². The van der Waals surface area contributed by atoms with E-state index in [0.29, 0.717) is 10.9 Å². The van der Waals surface area contributed by atoms with Crippen LogP contribution in [0.5, 0.6) is 0 Å². The number of ether oxygens (including phenoxy) is 1. The van der Waals surface area contributed by atoms with E-state index in [1.54, 1.807) is 28.9 Å².